The van der Waals surface area contributed by atoms with Gasteiger partial charge in [-0.2, -0.15) is 0 Å². The minimum atomic E-state index is 0.217. The molecule has 3 heteroatoms. The number of anilines is 1. The Balaban J connectivity index is 1.74. The van der Waals surface area contributed by atoms with Gasteiger partial charge in [-0.3, -0.25) is 0 Å². The molecule has 3 nitrogen and oxygen atoms in total. The molecule has 0 aliphatic rings. The number of para-hydroxylation sites is 1. The van der Waals surface area contributed by atoms with Gasteiger partial charge in [0.25, 0.3) is 0 Å². The summed E-state index contributed by atoms with van der Waals surface area (Å²) < 4.78 is 5.66. The molecule has 24 heavy (non-hydrogen) atoms. The third-order valence-corrected chi connectivity index (χ3v) is 3.97. The smallest absolute Gasteiger partial charge is 0.119 e. The van der Waals surface area contributed by atoms with Crippen LogP contribution in [0.25, 0.3) is 0 Å². The molecule has 0 aliphatic heterocycles. The van der Waals surface area contributed by atoms with E-state index in [-0.39, 0.29) is 6.10 Å². The number of aryl methyl sites for hydroxylation is 2. The number of ether oxygens (including phenoxy) is 1. The quantitative estimate of drug-likeness (QED) is 0.663. The molecule has 0 saturated carbocycles. The Bertz CT molecular complexity index is 620. The highest BCUT2D eigenvalue weighted by molar-refractivity contribution is 5.57. The first kappa shape index (κ1) is 18.3. The van der Waals surface area contributed by atoms with Crippen LogP contribution >= 0.6 is 0 Å². The Labute approximate surface area is 146 Å². The summed E-state index contributed by atoms with van der Waals surface area (Å²) >= 11 is 0. The van der Waals surface area contributed by atoms with E-state index in [9.17, 15) is 0 Å². The summed E-state index contributed by atoms with van der Waals surface area (Å²) in [6.45, 7) is 11.2. The minimum absolute atomic E-state index is 0.217. The fourth-order valence-corrected chi connectivity index (χ4v) is 2.74. The van der Waals surface area contributed by atoms with Crippen LogP contribution in [-0.2, 0) is 13.0 Å². The van der Waals surface area contributed by atoms with Gasteiger partial charge < -0.3 is 15.4 Å². The van der Waals surface area contributed by atoms with Crippen molar-refractivity contribution in [2.75, 3.05) is 18.4 Å². The predicted molar refractivity (Wildman–Crippen MR) is 103 cm³/mol. The average Bonchev–Trinajstić information content (AvgIpc) is 2.56. The molecule has 0 saturated heterocycles. The third kappa shape index (κ3) is 5.57. The summed E-state index contributed by atoms with van der Waals surface area (Å²) in [7, 11) is 0. The van der Waals surface area contributed by atoms with Gasteiger partial charge in [0.05, 0.1) is 6.10 Å². The Morgan fingerprint density at radius 1 is 1.00 bits per heavy atom. The van der Waals surface area contributed by atoms with Gasteiger partial charge in [0.1, 0.15) is 5.75 Å². The number of benzene rings is 2. The molecule has 0 atom stereocenters. The Morgan fingerprint density at radius 2 is 1.75 bits per heavy atom. The second kappa shape index (κ2) is 9.33. The lowest BCUT2D eigenvalue weighted by molar-refractivity contribution is 0.242. The molecule has 2 aromatic carbocycles. The van der Waals surface area contributed by atoms with E-state index in [2.05, 4.69) is 54.8 Å². The van der Waals surface area contributed by atoms with Crippen LogP contribution in [0.1, 0.15) is 37.5 Å². The van der Waals surface area contributed by atoms with Crippen LogP contribution in [-0.4, -0.2) is 19.2 Å². The van der Waals surface area contributed by atoms with Crippen molar-refractivity contribution in [1.29, 1.82) is 0 Å². The van der Waals surface area contributed by atoms with Crippen LogP contribution in [0.15, 0.2) is 42.5 Å². The molecule has 0 spiro atoms. The first-order valence-electron chi connectivity index (χ1n) is 8.88. The molecule has 2 N–H and O–H groups in total. The fraction of sp³-hybridized carbons (Fsp3) is 0.429. The third-order valence-electron chi connectivity index (χ3n) is 3.97. The summed E-state index contributed by atoms with van der Waals surface area (Å²) in [6.07, 6.45) is 1.27. The van der Waals surface area contributed by atoms with Gasteiger partial charge in [-0.1, -0.05) is 37.3 Å². The second-order valence-electron chi connectivity index (χ2n) is 6.38. The van der Waals surface area contributed by atoms with Crippen LogP contribution in [0, 0.1) is 6.92 Å². The van der Waals surface area contributed by atoms with Crippen LogP contribution in [0.4, 0.5) is 5.69 Å². The van der Waals surface area contributed by atoms with Crippen molar-refractivity contribution in [3.8, 4) is 5.75 Å². The molecule has 2 aromatic rings. The van der Waals surface area contributed by atoms with Crippen molar-refractivity contribution in [2.45, 2.75) is 46.8 Å². The van der Waals surface area contributed by atoms with E-state index in [1.807, 2.05) is 26.0 Å². The van der Waals surface area contributed by atoms with E-state index >= 15 is 0 Å². The summed E-state index contributed by atoms with van der Waals surface area (Å²) in [5.41, 5.74) is 5.26. The van der Waals surface area contributed by atoms with Crippen molar-refractivity contribution in [2.24, 2.45) is 0 Å². The van der Waals surface area contributed by atoms with Gasteiger partial charge in [-0.15, -0.1) is 0 Å². The zero-order valence-corrected chi connectivity index (χ0v) is 15.4. The lowest BCUT2D eigenvalue weighted by Gasteiger charge is -2.14. The van der Waals surface area contributed by atoms with E-state index in [4.69, 9.17) is 4.74 Å². The minimum Gasteiger partial charge on any atom is -0.491 e. The standard InChI is InChI=1S/C21H30N2O/c1-5-19-8-6-7-17(4)21(19)23-14-13-22-15-18-9-11-20(12-10-18)24-16(2)3/h6-12,16,22-23H,5,13-15H2,1-4H3. The summed E-state index contributed by atoms with van der Waals surface area (Å²) in [5, 5.41) is 7.05. The number of hydrogen-bond acceptors (Lipinski definition) is 3. The van der Waals surface area contributed by atoms with Crippen molar-refractivity contribution in [3.05, 3.63) is 59.2 Å². The monoisotopic (exact) mass is 326 g/mol. The molecule has 0 amide bonds. The molecular formula is C21H30N2O. The molecule has 0 bridgehead atoms. The van der Waals surface area contributed by atoms with Gasteiger partial charge in [0.15, 0.2) is 0 Å². The molecule has 0 aromatic heterocycles. The van der Waals surface area contributed by atoms with Crippen molar-refractivity contribution in [1.82, 2.24) is 5.32 Å². The van der Waals surface area contributed by atoms with Crippen LogP contribution in [0.5, 0.6) is 5.75 Å². The van der Waals surface area contributed by atoms with Gasteiger partial charge in [-0.05, 0) is 56.0 Å². The number of hydrogen-bond donors (Lipinski definition) is 2. The first-order valence-corrected chi connectivity index (χ1v) is 8.88. The lowest BCUT2D eigenvalue weighted by atomic mass is 10.1. The Kier molecular flexibility index (Phi) is 7.13. The lowest BCUT2D eigenvalue weighted by Crippen LogP contribution is -2.22. The Morgan fingerprint density at radius 3 is 2.42 bits per heavy atom. The van der Waals surface area contributed by atoms with E-state index in [1.54, 1.807) is 0 Å². The summed E-state index contributed by atoms with van der Waals surface area (Å²) in [6, 6.07) is 14.8. The Hall–Kier alpha value is -2.00. The van der Waals surface area contributed by atoms with Gasteiger partial charge in [-0.25, -0.2) is 0 Å². The summed E-state index contributed by atoms with van der Waals surface area (Å²) in [4.78, 5) is 0. The number of nitrogens with one attached hydrogen (secondary N) is 2. The van der Waals surface area contributed by atoms with Crippen LogP contribution < -0.4 is 15.4 Å². The van der Waals surface area contributed by atoms with Crippen molar-refractivity contribution >= 4 is 5.69 Å². The number of rotatable bonds is 9. The first-order chi connectivity index (χ1) is 11.6. The molecular weight excluding hydrogens is 296 g/mol. The van der Waals surface area contributed by atoms with Gasteiger partial charge in [0.2, 0.25) is 0 Å². The van der Waals surface area contributed by atoms with Gasteiger partial charge >= 0.3 is 0 Å². The van der Waals surface area contributed by atoms with E-state index in [0.29, 0.717) is 0 Å². The topological polar surface area (TPSA) is 33.3 Å². The van der Waals surface area contributed by atoms with Crippen LogP contribution in [0.2, 0.25) is 0 Å². The highest BCUT2D eigenvalue weighted by Gasteiger charge is 2.03. The largest absolute Gasteiger partial charge is 0.491 e. The molecule has 0 aliphatic carbocycles. The molecule has 0 fully saturated rings. The molecule has 0 unspecified atom stereocenters. The summed E-state index contributed by atoms with van der Waals surface area (Å²) in [5.74, 6) is 0.932. The molecule has 130 valence electrons. The zero-order chi connectivity index (χ0) is 17.4. The SMILES string of the molecule is CCc1cccc(C)c1NCCNCc1ccc(OC(C)C)cc1. The highest BCUT2D eigenvalue weighted by Crippen LogP contribution is 2.20. The normalized spacial score (nSPS) is 10.9. The van der Waals surface area contributed by atoms with Crippen molar-refractivity contribution < 1.29 is 4.74 Å². The molecule has 2 rings (SSSR count). The zero-order valence-electron chi connectivity index (χ0n) is 15.4. The maximum Gasteiger partial charge on any atom is 0.119 e. The van der Waals surface area contributed by atoms with E-state index < -0.39 is 0 Å². The molecule has 0 heterocycles. The van der Waals surface area contributed by atoms with Gasteiger partial charge in [0, 0.05) is 25.3 Å². The van der Waals surface area contributed by atoms with Crippen LogP contribution in [0.3, 0.4) is 0 Å². The fourth-order valence-electron chi connectivity index (χ4n) is 2.74. The van der Waals surface area contributed by atoms with E-state index in [0.717, 1.165) is 31.8 Å². The highest BCUT2D eigenvalue weighted by atomic mass is 16.5. The predicted octanol–water partition coefficient (Wildman–Crippen LogP) is 4.55. The van der Waals surface area contributed by atoms with Crippen molar-refractivity contribution in [3.63, 3.8) is 0 Å². The maximum atomic E-state index is 5.66. The molecule has 0 radical (unpaired) electrons. The second-order valence-corrected chi connectivity index (χ2v) is 6.38. The van der Waals surface area contributed by atoms with E-state index in [1.165, 1.54) is 22.4 Å². The maximum absolute atomic E-state index is 5.66. The average molecular weight is 326 g/mol.